The van der Waals surface area contributed by atoms with E-state index in [2.05, 4.69) is 4.98 Å². The van der Waals surface area contributed by atoms with Crippen LogP contribution in [0.2, 0.25) is 5.02 Å². The Balaban J connectivity index is 2.54. The van der Waals surface area contributed by atoms with Gasteiger partial charge in [-0.05, 0) is 19.1 Å². The zero-order valence-electron chi connectivity index (χ0n) is 10.9. The Morgan fingerprint density at radius 3 is 2.74 bits per heavy atom. The first kappa shape index (κ1) is 13.7. The Bertz CT molecular complexity index is 634. The van der Waals surface area contributed by atoms with Gasteiger partial charge >= 0.3 is 0 Å². The molecule has 0 radical (unpaired) electrons. The van der Waals surface area contributed by atoms with Crippen molar-refractivity contribution in [1.29, 1.82) is 0 Å². The fourth-order valence-electron chi connectivity index (χ4n) is 1.85. The van der Waals surface area contributed by atoms with E-state index in [1.165, 1.54) is 17.0 Å². The van der Waals surface area contributed by atoms with Crippen LogP contribution >= 0.6 is 11.6 Å². The molecule has 0 amide bonds. The largest absolute Gasteiger partial charge is 0.300 e. The van der Waals surface area contributed by atoms with Gasteiger partial charge in [0.15, 0.2) is 11.6 Å². The first-order chi connectivity index (χ1) is 8.93. The highest BCUT2D eigenvalue weighted by Crippen LogP contribution is 2.24. The SMILES string of the molecule is Cc1c(C(=O)C(C)C)ncn1-c1cccc(Cl)c1F. The highest BCUT2D eigenvalue weighted by atomic mass is 35.5. The first-order valence-corrected chi connectivity index (χ1v) is 6.33. The number of nitrogens with zero attached hydrogens (tertiary/aromatic N) is 2. The molecule has 0 saturated heterocycles. The van der Waals surface area contributed by atoms with E-state index < -0.39 is 5.82 Å². The maximum Gasteiger partial charge on any atom is 0.185 e. The second-order valence-corrected chi connectivity index (χ2v) is 5.05. The van der Waals surface area contributed by atoms with E-state index >= 15 is 0 Å². The van der Waals surface area contributed by atoms with Crippen LogP contribution in [0, 0.1) is 18.7 Å². The van der Waals surface area contributed by atoms with Crippen LogP contribution in [0.1, 0.15) is 30.0 Å². The molecule has 0 aliphatic heterocycles. The minimum atomic E-state index is -0.520. The molecule has 0 bridgehead atoms. The van der Waals surface area contributed by atoms with Crippen LogP contribution in [0.5, 0.6) is 0 Å². The molecule has 0 N–H and O–H groups in total. The van der Waals surface area contributed by atoms with Crippen LogP contribution in [0.4, 0.5) is 4.39 Å². The van der Waals surface area contributed by atoms with Gasteiger partial charge in [-0.15, -0.1) is 0 Å². The van der Waals surface area contributed by atoms with Gasteiger partial charge in [0.2, 0.25) is 0 Å². The first-order valence-electron chi connectivity index (χ1n) is 5.96. The number of carbonyl (C=O) groups is 1. The Kier molecular flexibility index (Phi) is 3.71. The van der Waals surface area contributed by atoms with Crippen molar-refractivity contribution in [2.45, 2.75) is 20.8 Å². The summed E-state index contributed by atoms with van der Waals surface area (Å²) in [5.41, 5.74) is 1.27. The van der Waals surface area contributed by atoms with Gasteiger partial charge in [0.05, 0.1) is 16.4 Å². The molecule has 1 aromatic heterocycles. The molecular formula is C14H14ClFN2O. The second-order valence-electron chi connectivity index (χ2n) is 4.64. The quantitative estimate of drug-likeness (QED) is 0.801. The van der Waals surface area contributed by atoms with E-state index in [1.54, 1.807) is 32.9 Å². The number of Topliss-reactive ketones (excluding diaryl/α,β-unsaturated/α-hetero) is 1. The molecule has 1 aromatic carbocycles. The van der Waals surface area contributed by atoms with E-state index in [9.17, 15) is 9.18 Å². The predicted molar refractivity (Wildman–Crippen MR) is 72.4 cm³/mol. The lowest BCUT2D eigenvalue weighted by Gasteiger charge is -2.08. The Morgan fingerprint density at radius 1 is 1.42 bits per heavy atom. The van der Waals surface area contributed by atoms with E-state index in [1.807, 2.05) is 0 Å². The van der Waals surface area contributed by atoms with Crippen LogP contribution in [0.25, 0.3) is 5.69 Å². The summed E-state index contributed by atoms with van der Waals surface area (Å²) in [4.78, 5) is 16.1. The van der Waals surface area contributed by atoms with Crippen molar-refractivity contribution in [3.05, 3.63) is 46.8 Å². The lowest BCUT2D eigenvalue weighted by Crippen LogP contribution is -2.10. The maximum atomic E-state index is 14.0. The summed E-state index contributed by atoms with van der Waals surface area (Å²) in [6.45, 7) is 5.35. The fourth-order valence-corrected chi connectivity index (χ4v) is 2.02. The minimum Gasteiger partial charge on any atom is -0.300 e. The topological polar surface area (TPSA) is 34.9 Å². The standard InChI is InChI=1S/C14H14ClFN2O/c1-8(2)14(19)13-9(3)18(7-17-13)11-6-4-5-10(15)12(11)16/h4-8H,1-3H3. The zero-order chi connectivity index (χ0) is 14.2. The number of imidazole rings is 1. The maximum absolute atomic E-state index is 14.0. The lowest BCUT2D eigenvalue weighted by atomic mass is 10.1. The van der Waals surface area contributed by atoms with E-state index in [4.69, 9.17) is 11.6 Å². The van der Waals surface area contributed by atoms with Crippen molar-refractivity contribution in [2.24, 2.45) is 5.92 Å². The molecule has 0 aliphatic carbocycles. The molecule has 2 aromatic rings. The number of rotatable bonds is 3. The molecule has 3 nitrogen and oxygen atoms in total. The molecule has 1 heterocycles. The summed E-state index contributed by atoms with van der Waals surface area (Å²) in [7, 11) is 0. The normalized spacial score (nSPS) is 11.1. The number of hydrogen-bond acceptors (Lipinski definition) is 2. The van der Waals surface area contributed by atoms with Gasteiger partial charge in [-0.2, -0.15) is 0 Å². The summed E-state index contributed by atoms with van der Waals surface area (Å²) in [6.07, 6.45) is 1.44. The Hall–Kier alpha value is -1.68. The van der Waals surface area contributed by atoms with Gasteiger partial charge in [0.1, 0.15) is 12.0 Å². The van der Waals surface area contributed by atoms with Gasteiger partial charge in [0, 0.05) is 5.92 Å². The van der Waals surface area contributed by atoms with Crippen molar-refractivity contribution in [3.8, 4) is 5.69 Å². The number of hydrogen-bond donors (Lipinski definition) is 0. The molecule has 0 spiro atoms. The third kappa shape index (κ3) is 2.40. The smallest absolute Gasteiger partial charge is 0.185 e. The fraction of sp³-hybridized carbons (Fsp3) is 0.286. The lowest BCUT2D eigenvalue weighted by molar-refractivity contribution is 0.0934. The van der Waals surface area contributed by atoms with Gasteiger partial charge in [-0.1, -0.05) is 31.5 Å². The molecule has 0 atom stereocenters. The van der Waals surface area contributed by atoms with Crippen LogP contribution in [-0.2, 0) is 0 Å². The number of benzene rings is 1. The molecule has 19 heavy (non-hydrogen) atoms. The molecule has 100 valence electrons. The van der Waals surface area contributed by atoms with Crippen molar-refractivity contribution >= 4 is 17.4 Å². The highest BCUT2D eigenvalue weighted by Gasteiger charge is 2.19. The summed E-state index contributed by atoms with van der Waals surface area (Å²) < 4.78 is 15.5. The second kappa shape index (κ2) is 5.13. The summed E-state index contributed by atoms with van der Waals surface area (Å²) in [5.74, 6) is -0.724. The predicted octanol–water partition coefficient (Wildman–Crippen LogP) is 3.81. The van der Waals surface area contributed by atoms with Crippen molar-refractivity contribution in [1.82, 2.24) is 9.55 Å². The van der Waals surface area contributed by atoms with Crippen LogP contribution in [-0.4, -0.2) is 15.3 Å². The van der Waals surface area contributed by atoms with E-state index in [0.29, 0.717) is 17.1 Å². The number of aromatic nitrogens is 2. The van der Waals surface area contributed by atoms with Crippen LogP contribution in [0.3, 0.4) is 0 Å². The monoisotopic (exact) mass is 280 g/mol. The number of halogens is 2. The highest BCUT2D eigenvalue weighted by molar-refractivity contribution is 6.30. The van der Waals surface area contributed by atoms with Crippen molar-refractivity contribution in [2.75, 3.05) is 0 Å². The van der Waals surface area contributed by atoms with Gasteiger partial charge in [-0.3, -0.25) is 9.36 Å². The van der Waals surface area contributed by atoms with Crippen molar-refractivity contribution in [3.63, 3.8) is 0 Å². The molecule has 0 unspecified atom stereocenters. The number of carbonyl (C=O) groups excluding carboxylic acids is 1. The molecule has 0 saturated carbocycles. The Morgan fingerprint density at radius 2 is 2.11 bits per heavy atom. The Labute approximate surface area is 116 Å². The summed E-state index contributed by atoms with van der Waals surface area (Å²) >= 11 is 5.76. The van der Waals surface area contributed by atoms with Gasteiger partial charge < -0.3 is 0 Å². The van der Waals surface area contributed by atoms with Gasteiger partial charge in [-0.25, -0.2) is 9.37 Å². The van der Waals surface area contributed by atoms with Gasteiger partial charge in [0.25, 0.3) is 0 Å². The average molecular weight is 281 g/mol. The van der Waals surface area contributed by atoms with Crippen LogP contribution in [0.15, 0.2) is 24.5 Å². The van der Waals surface area contributed by atoms with E-state index in [-0.39, 0.29) is 16.7 Å². The van der Waals surface area contributed by atoms with Crippen molar-refractivity contribution < 1.29 is 9.18 Å². The number of ketones is 1. The summed E-state index contributed by atoms with van der Waals surface area (Å²) in [6, 6.07) is 4.73. The molecule has 2 rings (SSSR count). The summed E-state index contributed by atoms with van der Waals surface area (Å²) in [5, 5.41) is 0.0438. The minimum absolute atomic E-state index is 0.0438. The van der Waals surface area contributed by atoms with E-state index in [0.717, 1.165) is 0 Å². The zero-order valence-corrected chi connectivity index (χ0v) is 11.7. The average Bonchev–Trinajstić information content (AvgIpc) is 2.73. The molecular weight excluding hydrogens is 267 g/mol. The molecule has 0 fully saturated rings. The third-order valence-corrected chi connectivity index (χ3v) is 3.25. The van der Waals surface area contributed by atoms with Crippen LogP contribution < -0.4 is 0 Å². The molecule has 0 aliphatic rings. The third-order valence-electron chi connectivity index (χ3n) is 2.95. The molecule has 5 heteroatoms.